The Bertz CT molecular complexity index is 1070. The SMILES string of the molecule is N#Cc1ccc2c(c1)COc1cc(C[C@H](C#N)NC(=O)[C@@H]3CNCCO3)c(F)cc1-2. The first kappa shape index (κ1) is 19.8. The quantitative estimate of drug-likeness (QED) is 0.802. The molecule has 2 heterocycles. The van der Waals surface area contributed by atoms with Crippen LogP contribution in [-0.2, 0) is 22.6 Å². The standard InChI is InChI=1S/C22H19FN4O3/c23-19-8-18-17-2-1-13(9-24)5-15(17)12-30-20(18)7-14(19)6-16(10-25)27-22(28)21-11-26-3-4-29-21/h1-2,5,7-8,16,21,26H,3-4,6,11-12H2,(H,27,28)/t16-,21+/m1/s1. The van der Waals surface area contributed by atoms with Crippen LogP contribution in [0.5, 0.6) is 5.75 Å². The Morgan fingerprint density at radius 3 is 2.90 bits per heavy atom. The highest BCUT2D eigenvalue weighted by Gasteiger charge is 2.26. The average Bonchev–Trinajstić information content (AvgIpc) is 2.79. The number of halogens is 1. The third kappa shape index (κ3) is 3.97. The van der Waals surface area contributed by atoms with Gasteiger partial charge in [0.1, 0.15) is 30.3 Å². The van der Waals surface area contributed by atoms with Gasteiger partial charge in [0.25, 0.3) is 5.91 Å². The number of benzene rings is 2. The van der Waals surface area contributed by atoms with Gasteiger partial charge in [-0.25, -0.2) is 4.39 Å². The fourth-order valence-corrected chi connectivity index (χ4v) is 3.63. The second-order valence-corrected chi connectivity index (χ2v) is 7.17. The zero-order valence-corrected chi connectivity index (χ0v) is 16.1. The van der Waals surface area contributed by atoms with Crippen LogP contribution in [0.4, 0.5) is 4.39 Å². The first-order valence-corrected chi connectivity index (χ1v) is 9.60. The number of amides is 1. The summed E-state index contributed by atoms with van der Waals surface area (Å²) < 4.78 is 26.0. The van der Waals surface area contributed by atoms with Gasteiger partial charge in [-0.15, -0.1) is 0 Å². The van der Waals surface area contributed by atoms with Crippen LogP contribution in [0, 0.1) is 28.5 Å². The van der Waals surface area contributed by atoms with Crippen molar-refractivity contribution >= 4 is 5.91 Å². The maximum absolute atomic E-state index is 14.8. The number of nitrogens with one attached hydrogen (secondary N) is 2. The van der Waals surface area contributed by atoms with Crippen molar-refractivity contribution in [1.29, 1.82) is 10.5 Å². The van der Waals surface area contributed by atoms with Crippen molar-refractivity contribution in [3.8, 4) is 29.0 Å². The molecule has 0 unspecified atom stereocenters. The molecule has 0 spiro atoms. The van der Waals surface area contributed by atoms with Crippen LogP contribution in [0.15, 0.2) is 30.3 Å². The molecular weight excluding hydrogens is 387 g/mol. The molecule has 2 aliphatic rings. The lowest BCUT2D eigenvalue weighted by molar-refractivity contribution is -0.134. The van der Waals surface area contributed by atoms with Crippen LogP contribution in [0.2, 0.25) is 0 Å². The Hall–Kier alpha value is -3.46. The highest BCUT2D eigenvalue weighted by Crippen LogP contribution is 2.39. The minimum absolute atomic E-state index is 0.00505. The maximum Gasteiger partial charge on any atom is 0.251 e. The van der Waals surface area contributed by atoms with E-state index in [9.17, 15) is 14.4 Å². The smallest absolute Gasteiger partial charge is 0.251 e. The van der Waals surface area contributed by atoms with E-state index in [1.807, 2.05) is 6.07 Å². The van der Waals surface area contributed by atoms with Crippen LogP contribution in [0.3, 0.4) is 0 Å². The summed E-state index contributed by atoms with van der Waals surface area (Å²) in [7, 11) is 0. The minimum atomic E-state index is -0.898. The number of rotatable bonds is 4. The highest BCUT2D eigenvalue weighted by molar-refractivity contribution is 5.82. The fraction of sp³-hybridized carbons (Fsp3) is 0.318. The van der Waals surface area contributed by atoms with Crippen molar-refractivity contribution in [2.75, 3.05) is 19.7 Å². The number of nitrogens with zero attached hydrogens (tertiary/aromatic N) is 2. The molecule has 1 saturated heterocycles. The normalized spacial score (nSPS) is 18.0. The molecule has 7 nitrogen and oxygen atoms in total. The second kappa shape index (κ2) is 8.50. The Labute approximate surface area is 173 Å². The van der Waals surface area contributed by atoms with Crippen molar-refractivity contribution in [2.45, 2.75) is 25.2 Å². The van der Waals surface area contributed by atoms with Crippen molar-refractivity contribution in [1.82, 2.24) is 10.6 Å². The van der Waals surface area contributed by atoms with E-state index >= 15 is 0 Å². The first-order valence-electron chi connectivity index (χ1n) is 9.60. The Kier molecular flexibility index (Phi) is 5.62. The van der Waals surface area contributed by atoms with Crippen LogP contribution < -0.4 is 15.4 Å². The second-order valence-electron chi connectivity index (χ2n) is 7.17. The molecule has 2 aromatic carbocycles. The zero-order chi connectivity index (χ0) is 21.1. The van der Waals surface area contributed by atoms with Crippen molar-refractivity contribution < 1.29 is 18.7 Å². The lowest BCUT2D eigenvalue weighted by atomic mass is 9.93. The van der Waals surface area contributed by atoms with E-state index in [1.54, 1.807) is 24.3 Å². The predicted octanol–water partition coefficient (Wildman–Crippen LogP) is 1.80. The third-order valence-electron chi connectivity index (χ3n) is 5.17. The molecule has 1 fully saturated rings. The van der Waals surface area contributed by atoms with Gasteiger partial charge in [0.15, 0.2) is 0 Å². The largest absolute Gasteiger partial charge is 0.488 e. The number of hydrogen-bond donors (Lipinski definition) is 2. The van der Waals surface area contributed by atoms with Gasteiger partial charge in [-0.05, 0) is 41.0 Å². The summed E-state index contributed by atoms with van der Waals surface area (Å²) in [6.07, 6.45) is -0.661. The number of nitriles is 2. The molecular formula is C22H19FN4O3. The molecule has 30 heavy (non-hydrogen) atoms. The zero-order valence-electron chi connectivity index (χ0n) is 16.1. The van der Waals surface area contributed by atoms with Gasteiger partial charge in [0.2, 0.25) is 0 Å². The molecule has 4 rings (SSSR count). The summed E-state index contributed by atoms with van der Waals surface area (Å²) in [5.74, 6) is -0.378. The lowest BCUT2D eigenvalue weighted by Crippen LogP contribution is -2.50. The number of carbonyl (C=O) groups excluding carboxylic acids is 1. The molecule has 2 aliphatic heterocycles. The van der Waals surface area contributed by atoms with E-state index in [0.717, 1.165) is 11.1 Å². The summed E-state index contributed by atoms with van der Waals surface area (Å²) in [5, 5.41) is 24.2. The monoisotopic (exact) mass is 406 g/mol. The van der Waals surface area contributed by atoms with Gasteiger partial charge < -0.3 is 20.1 Å². The molecule has 0 saturated carbocycles. The Balaban J connectivity index is 1.53. The van der Waals surface area contributed by atoms with Gasteiger partial charge in [-0.2, -0.15) is 10.5 Å². The lowest BCUT2D eigenvalue weighted by Gasteiger charge is -2.24. The Morgan fingerprint density at radius 2 is 2.17 bits per heavy atom. The molecule has 0 radical (unpaired) electrons. The number of morpholine rings is 1. The fourth-order valence-electron chi connectivity index (χ4n) is 3.63. The summed E-state index contributed by atoms with van der Waals surface area (Å²) in [4.78, 5) is 12.3. The Morgan fingerprint density at radius 1 is 1.30 bits per heavy atom. The molecule has 1 amide bonds. The highest BCUT2D eigenvalue weighted by atomic mass is 19.1. The molecule has 0 aliphatic carbocycles. The predicted molar refractivity (Wildman–Crippen MR) is 105 cm³/mol. The minimum Gasteiger partial charge on any atom is -0.488 e. The molecule has 2 atom stereocenters. The summed E-state index contributed by atoms with van der Waals surface area (Å²) in [6, 6.07) is 11.3. The number of fused-ring (bicyclic) bond motifs is 3. The molecule has 0 aromatic heterocycles. The van der Waals surface area contributed by atoms with Crippen LogP contribution in [-0.4, -0.2) is 37.7 Å². The van der Waals surface area contributed by atoms with E-state index in [4.69, 9.17) is 14.7 Å². The topological polar surface area (TPSA) is 107 Å². The van der Waals surface area contributed by atoms with E-state index in [2.05, 4.69) is 16.7 Å². The molecule has 152 valence electrons. The average molecular weight is 406 g/mol. The van der Waals surface area contributed by atoms with Crippen LogP contribution >= 0.6 is 0 Å². The van der Waals surface area contributed by atoms with Crippen LogP contribution in [0.25, 0.3) is 11.1 Å². The summed E-state index contributed by atoms with van der Waals surface area (Å²) >= 11 is 0. The third-order valence-corrected chi connectivity index (χ3v) is 5.17. The maximum atomic E-state index is 14.8. The van der Waals surface area contributed by atoms with Gasteiger partial charge in [0, 0.05) is 25.1 Å². The van der Waals surface area contributed by atoms with Gasteiger partial charge in [-0.3, -0.25) is 4.79 Å². The number of ether oxygens (including phenoxy) is 2. The van der Waals surface area contributed by atoms with E-state index in [1.165, 1.54) is 6.07 Å². The van der Waals surface area contributed by atoms with Gasteiger partial charge in [0.05, 0.1) is 24.3 Å². The molecule has 2 aromatic rings. The molecule has 2 N–H and O–H groups in total. The number of carbonyl (C=O) groups is 1. The van der Waals surface area contributed by atoms with Crippen molar-refractivity contribution in [2.24, 2.45) is 0 Å². The van der Waals surface area contributed by atoms with Gasteiger partial charge in [-0.1, -0.05) is 6.07 Å². The van der Waals surface area contributed by atoms with E-state index in [-0.39, 0.29) is 18.6 Å². The number of hydrogen-bond acceptors (Lipinski definition) is 6. The molecule has 8 heteroatoms. The van der Waals surface area contributed by atoms with Crippen LogP contribution in [0.1, 0.15) is 16.7 Å². The van der Waals surface area contributed by atoms with E-state index < -0.39 is 23.9 Å². The van der Waals surface area contributed by atoms with Crippen molar-refractivity contribution in [3.05, 3.63) is 52.8 Å². The van der Waals surface area contributed by atoms with Gasteiger partial charge >= 0.3 is 0 Å². The summed E-state index contributed by atoms with van der Waals surface area (Å²) in [5.41, 5.74) is 3.02. The van der Waals surface area contributed by atoms with Crippen molar-refractivity contribution in [3.63, 3.8) is 0 Å². The summed E-state index contributed by atoms with van der Waals surface area (Å²) in [6.45, 7) is 1.74. The van der Waals surface area contributed by atoms with E-state index in [0.29, 0.717) is 36.6 Å². The molecule has 0 bridgehead atoms. The first-order chi connectivity index (χ1) is 14.6.